The third kappa shape index (κ3) is 4.78. The minimum atomic E-state index is -1.91. The largest absolute Gasteiger partial charge is 0.479 e. The van der Waals surface area contributed by atoms with Crippen molar-refractivity contribution in [3.8, 4) is 0 Å². The number of hydrogen-bond donors (Lipinski definition) is 4. The van der Waals surface area contributed by atoms with E-state index in [4.69, 9.17) is 19.3 Å². The van der Waals surface area contributed by atoms with Gasteiger partial charge in [0.1, 0.15) is 24.4 Å². The predicted octanol–water partition coefficient (Wildman–Crippen LogP) is 0.225. The van der Waals surface area contributed by atoms with E-state index in [-0.39, 0.29) is 17.2 Å². The van der Waals surface area contributed by atoms with Gasteiger partial charge in [0, 0.05) is 0 Å². The summed E-state index contributed by atoms with van der Waals surface area (Å²) in [5.74, 6) is -3.38. The molecular weight excluding hydrogens is 400 g/mol. The van der Waals surface area contributed by atoms with Crippen molar-refractivity contribution in [1.29, 1.82) is 0 Å². The van der Waals surface area contributed by atoms with Crippen molar-refractivity contribution in [2.45, 2.75) is 68.9 Å². The van der Waals surface area contributed by atoms with E-state index >= 15 is 0 Å². The van der Waals surface area contributed by atoms with Gasteiger partial charge in [-0.3, -0.25) is 0 Å². The molecule has 10 heteroatoms. The zero-order valence-corrected chi connectivity index (χ0v) is 16.0. The Kier molecular flexibility index (Phi) is 7.03. The Morgan fingerprint density at radius 2 is 1.40 bits per heavy atom. The molecule has 164 valence electrons. The summed E-state index contributed by atoms with van der Waals surface area (Å²) in [6.45, 7) is 0. The Balaban J connectivity index is 1.73. The van der Waals surface area contributed by atoms with E-state index in [1.807, 2.05) is 0 Å². The monoisotopic (exact) mass is 424 g/mol. The number of carboxylic acids is 1. The number of aliphatic hydroxyl groups excluding tert-OH is 3. The van der Waals surface area contributed by atoms with Crippen LogP contribution in [0.2, 0.25) is 0 Å². The Bertz CT molecular complexity index is 788. The second-order valence-corrected chi connectivity index (χ2v) is 7.35. The maximum Gasteiger partial charge on any atom is 0.341 e. The molecule has 1 saturated heterocycles. The first-order valence-electron chi connectivity index (χ1n) is 9.73. The molecular formula is C20H24O10. The van der Waals surface area contributed by atoms with Crippen LogP contribution < -0.4 is 0 Å². The molecule has 0 unspecified atom stereocenters. The molecule has 1 aliphatic carbocycles. The van der Waals surface area contributed by atoms with Crippen LogP contribution >= 0.6 is 0 Å². The Morgan fingerprint density at radius 3 is 1.97 bits per heavy atom. The highest BCUT2D eigenvalue weighted by molar-refractivity contribution is 6.03. The molecule has 1 saturated carbocycles. The normalized spacial score (nSPS) is 29.8. The summed E-state index contributed by atoms with van der Waals surface area (Å²) in [6.07, 6.45) is -5.23. The molecule has 2 aliphatic rings. The molecule has 0 radical (unpaired) electrons. The zero-order valence-electron chi connectivity index (χ0n) is 16.0. The lowest BCUT2D eigenvalue weighted by Crippen LogP contribution is -2.60. The highest BCUT2D eigenvalue weighted by Gasteiger charge is 2.48. The van der Waals surface area contributed by atoms with Crippen LogP contribution in [0.3, 0.4) is 0 Å². The lowest BCUT2D eigenvalue weighted by atomic mass is 9.97. The second kappa shape index (κ2) is 9.52. The first kappa shape index (κ1) is 22.2. The molecule has 1 aromatic rings. The van der Waals surface area contributed by atoms with Gasteiger partial charge in [-0.2, -0.15) is 0 Å². The van der Waals surface area contributed by atoms with Gasteiger partial charge in [-0.05, 0) is 37.8 Å². The minimum Gasteiger partial charge on any atom is -0.479 e. The molecule has 3 rings (SSSR count). The van der Waals surface area contributed by atoms with Crippen molar-refractivity contribution >= 4 is 17.9 Å². The van der Waals surface area contributed by atoms with Crippen LogP contribution in [0, 0.1) is 0 Å². The third-order valence-electron chi connectivity index (χ3n) is 5.23. The summed E-state index contributed by atoms with van der Waals surface area (Å²) in [6, 6.07) is 5.74. The zero-order chi connectivity index (χ0) is 21.8. The molecule has 1 heterocycles. The highest BCUT2D eigenvalue weighted by Crippen LogP contribution is 2.25. The van der Waals surface area contributed by atoms with Crippen LogP contribution in [0.25, 0.3) is 0 Å². The van der Waals surface area contributed by atoms with Gasteiger partial charge in [0.2, 0.25) is 6.29 Å². The molecule has 0 spiro atoms. The lowest BCUT2D eigenvalue weighted by Gasteiger charge is -2.37. The molecule has 4 N–H and O–H groups in total. The van der Waals surface area contributed by atoms with E-state index in [1.54, 1.807) is 6.07 Å². The van der Waals surface area contributed by atoms with E-state index in [1.165, 1.54) is 18.2 Å². The number of hydrogen-bond acceptors (Lipinski definition) is 9. The lowest BCUT2D eigenvalue weighted by molar-refractivity contribution is -0.278. The fraction of sp³-hybridized carbons (Fsp3) is 0.550. The van der Waals surface area contributed by atoms with E-state index in [9.17, 15) is 29.7 Å². The van der Waals surface area contributed by atoms with Crippen LogP contribution in [0.4, 0.5) is 0 Å². The smallest absolute Gasteiger partial charge is 0.341 e. The summed E-state index contributed by atoms with van der Waals surface area (Å²) < 4.78 is 15.4. The van der Waals surface area contributed by atoms with Crippen LogP contribution in [-0.2, 0) is 19.0 Å². The van der Waals surface area contributed by atoms with Crippen molar-refractivity contribution in [1.82, 2.24) is 0 Å². The number of rotatable bonds is 5. The summed E-state index contributed by atoms with van der Waals surface area (Å²) in [5.41, 5.74) is -0.213. The second-order valence-electron chi connectivity index (χ2n) is 7.35. The molecule has 0 aromatic heterocycles. The molecule has 0 bridgehead atoms. The van der Waals surface area contributed by atoms with Gasteiger partial charge in [0.05, 0.1) is 11.1 Å². The molecule has 0 amide bonds. The Morgan fingerprint density at radius 1 is 0.833 bits per heavy atom. The number of ether oxygens (including phenoxy) is 3. The first-order valence-corrected chi connectivity index (χ1v) is 9.73. The van der Waals surface area contributed by atoms with Crippen LogP contribution in [0.5, 0.6) is 0 Å². The van der Waals surface area contributed by atoms with Crippen molar-refractivity contribution in [2.24, 2.45) is 0 Å². The van der Waals surface area contributed by atoms with Crippen LogP contribution in [-0.4, -0.2) is 75.1 Å². The number of benzene rings is 1. The Labute approximate surface area is 172 Å². The van der Waals surface area contributed by atoms with Crippen molar-refractivity contribution in [3.63, 3.8) is 0 Å². The highest BCUT2D eigenvalue weighted by atomic mass is 16.7. The fourth-order valence-electron chi connectivity index (χ4n) is 3.56. The summed E-state index contributed by atoms with van der Waals surface area (Å²) in [4.78, 5) is 36.4. The van der Waals surface area contributed by atoms with Gasteiger partial charge in [-0.15, -0.1) is 0 Å². The van der Waals surface area contributed by atoms with Crippen LogP contribution in [0.1, 0.15) is 52.8 Å². The number of aliphatic hydroxyl groups is 3. The van der Waals surface area contributed by atoms with E-state index in [0.717, 1.165) is 32.1 Å². The SMILES string of the molecule is O=C(OC1CCCCC1)c1ccccc1C(=O)O[C@@H]1O[C@H](C(=O)O)[C@@H](O)[C@H](O)[C@H]1O. The topological polar surface area (TPSA) is 160 Å². The van der Waals surface area contributed by atoms with Crippen molar-refractivity contribution in [2.75, 3.05) is 0 Å². The number of carboxylic acid groups (broad SMARTS) is 1. The van der Waals surface area contributed by atoms with Gasteiger partial charge in [0.15, 0.2) is 6.10 Å². The maximum atomic E-state index is 12.6. The summed E-state index contributed by atoms with van der Waals surface area (Å²) in [7, 11) is 0. The van der Waals surface area contributed by atoms with E-state index in [0.29, 0.717) is 0 Å². The molecule has 30 heavy (non-hydrogen) atoms. The number of carbonyl (C=O) groups excluding carboxylic acids is 2. The fourth-order valence-corrected chi connectivity index (χ4v) is 3.56. The number of aliphatic carboxylic acids is 1. The van der Waals surface area contributed by atoms with E-state index < -0.39 is 48.6 Å². The van der Waals surface area contributed by atoms with Gasteiger partial charge in [-0.25, -0.2) is 14.4 Å². The van der Waals surface area contributed by atoms with Gasteiger partial charge in [0.25, 0.3) is 0 Å². The Hall–Kier alpha value is -2.53. The van der Waals surface area contributed by atoms with Crippen LogP contribution in [0.15, 0.2) is 24.3 Å². The molecule has 2 fully saturated rings. The van der Waals surface area contributed by atoms with Gasteiger partial charge in [-0.1, -0.05) is 18.6 Å². The van der Waals surface area contributed by atoms with Gasteiger partial charge >= 0.3 is 17.9 Å². The molecule has 1 aliphatic heterocycles. The minimum absolute atomic E-state index is 0.0475. The summed E-state index contributed by atoms with van der Waals surface area (Å²) >= 11 is 0. The third-order valence-corrected chi connectivity index (χ3v) is 5.23. The molecule has 10 nitrogen and oxygen atoms in total. The van der Waals surface area contributed by atoms with E-state index in [2.05, 4.69) is 0 Å². The predicted molar refractivity (Wildman–Crippen MR) is 98.5 cm³/mol. The first-order chi connectivity index (χ1) is 14.3. The number of esters is 2. The van der Waals surface area contributed by atoms with Crippen molar-refractivity contribution in [3.05, 3.63) is 35.4 Å². The quantitative estimate of drug-likeness (QED) is 0.482. The summed E-state index contributed by atoms with van der Waals surface area (Å²) in [5, 5.41) is 38.6. The average Bonchev–Trinajstić information content (AvgIpc) is 2.74. The number of carbonyl (C=O) groups is 3. The molecule has 1 aromatic carbocycles. The molecule has 5 atom stereocenters. The average molecular weight is 424 g/mol. The van der Waals surface area contributed by atoms with Crippen molar-refractivity contribution < 1.29 is 49.0 Å². The van der Waals surface area contributed by atoms with Gasteiger partial charge < -0.3 is 34.6 Å². The maximum absolute atomic E-state index is 12.6. The standard InChI is InChI=1S/C20H24O10/c21-13-14(22)16(17(24)25)29-20(15(13)23)30-19(27)12-9-5-4-8-11(12)18(26)28-10-6-2-1-3-7-10/h4-5,8-10,13-16,20-23H,1-3,6-7H2,(H,24,25)/t13-,14-,15+,16-,20-/m0/s1.